The van der Waals surface area contributed by atoms with Gasteiger partial charge in [0.05, 0.1) is 5.69 Å². The van der Waals surface area contributed by atoms with E-state index in [0.717, 1.165) is 43.0 Å². The molecule has 28 heavy (non-hydrogen) atoms. The molecular formula is C20H28N4O2S2. The van der Waals surface area contributed by atoms with E-state index < -0.39 is 10.0 Å². The smallest absolute Gasteiger partial charge is 0.252 e. The summed E-state index contributed by atoms with van der Waals surface area (Å²) >= 11 is 1.27. The molecule has 0 N–H and O–H groups in total. The number of aromatic nitrogens is 2. The van der Waals surface area contributed by atoms with E-state index in [-0.39, 0.29) is 0 Å². The van der Waals surface area contributed by atoms with Crippen molar-refractivity contribution in [1.82, 2.24) is 14.5 Å². The predicted molar refractivity (Wildman–Crippen MR) is 113 cm³/mol. The molecule has 0 amide bonds. The van der Waals surface area contributed by atoms with Gasteiger partial charge in [0.15, 0.2) is 5.82 Å². The highest BCUT2D eigenvalue weighted by Crippen LogP contribution is 2.31. The lowest BCUT2D eigenvalue weighted by Crippen LogP contribution is -2.37. The third-order valence-corrected chi connectivity index (χ3v) is 9.15. The van der Waals surface area contributed by atoms with Crippen LogP contribution in [0.25, 0.3) is 11.3 Å². The number of hydrogen-bond donors (Lipinski definition) is 0. The highest BCUT2D eigenvalue weighted by atomic mass is 32.2. The van der Waals surface area contributed by atoms with Gasteiger partial charge >= 0.3 is 0 Å². The second-order valence-corrected chi connectivity index (χ2v) is 11.3. The fourth-order valence-electron chi connectivity index (χ4n) is 3.98. The molecule has 0 aromatic carbocycles. The monoisotopic (exact) mass is 420 g/mol. The van der Waals surface area contributed by atoms with Crippen molar-refractivity contribution in [3.8, 4) is 11.3 Å². The fourth-order valence-corrected chi connectivity index (χ4v) is 6.78. The van der Waals surface area contributed by atoms with Crippen LogP contribution in [0.15, 0.2) is 27.8 Å². The maximum Gasteiger partial charge on any atom is 0.252 e. The fraction of sp³-hybridized carbons (Fsp3) is 0.600. The Morgan fingerprint density at radius 3 is 2.50 bits per heavy atom. The van der Waals surface area contributed by atoms with Crippen molar-refractivity contribution in [2.75, 3.05) is 31.1 Å². The Labute approximate surface area is 171 Å². The number of nitrogens with zero attached hydrogens (tertiary/aromatic N) is 4. The van der Waals surface area contributed by atoms with Crippen LogP contribution in [0, 0.1) is 11.8 Å². The average Bonchev–Trinajstić information content (AvgIpc) is 3.20. The molecule has 0 unspecified atom stereocenters. The van der Waals surface area contributed by atoms with E-state index in [1.807, 2.05) is 17.5 Å². The molecule has 2 aromatic heterocycles. The van der Waals surface area contributed by atoms with Crippen molar-refractivity contribution in [3.63, 3.8) is 0 Å². The largest absolute Gasteiger partial charge is 0.355 e. The van der Waals surface area contributed by atoms with Crippen molar-refractivity contribution in [2.45, 2.75) is 43.7 Å². The van der Waals surface area contributed by atoms with Gasteiger partial charge in [-0.3, -0.25) is 0 Å². The summed E-state index contributed by atoms with van der Waals surface area (Å²) in [6.45, 7) is 7.71. The molecule has 2 aromatic rings. The van der Waals surface area contributed by atoms with E-state index in [1.165, 1.54) is 24.2 Å². The molecule has 2 aliphatic rings. The molecular weight excluding hydrogens is 392 g/mol. The van der Waals surface area contributed by atoms with Gasteiger partial charge in [-0.05, 0) is 55.7 Å². The summed E-state index contributed by atoms with van der Waals surface area (Å²) in [5.41, 5.74) is 1.54. The van der Waals surface area contributed by atoms with Crippen LogP contribution in [0.3, 0.4) is 0 Å². The molecule has 0 radical (unpaired) electrons. The molecule has 2 aliphatic heterocycles. The van der Waals surface area contributed by atoms with Gasteiger partial charge in [0, 0.05) is 37.1 Å². The van der Waals surface area contributed by atoms with Crippen molar-refractivity contribution in [1.29, 1.82) is 0 Å². The number of piperidine rings is 2. The number of sulfonamides is 1. The summed E-state index contributed by atoms with van der Waals surface area (Å²) in [7, 11) is -3.41. The van der Waals surface area contributed by atoms with Gasteiger partial charge in [0.1, 0.15) is 4.21 Å². The van der Waals surface area contributed by atoms with Gasteiger partial charge in [-0.2, -0.15) is 4.31 Å². The van der Waals surface area contributed by atoms with E-state index in [4.69, 9.17) is 0 Å². The van der Waals surface area contributed by atoms with Crippen molar-refractivity contribution >= 4 is 27.2 Å². The Morgan fingerprint density at radius 1 is 1.04 bits per heavy atom. The summed E-state index contributed by atoms with van der Waals surface area (Å²) in [5, 5.41) is 10.6. The molecule has 152 valence electrons. The Balaban J connectivity index is 1.49. The first-order valence-corrected chi connectivity index (χ1v) is 12.4. The Morgan fingerprint density at radius 2 is 1.82 bits per heavy atom. The maximum atomic E-state index is 12.9. The lowest BCUT2D eigenvalue weighted by molar-refractivity contribution is 0.288. The minimum absolute atomic E-state index is 0.396. The highest BCUT2D eigenvalue weighted by Gasteiger charge is 2.29. The first kappa shape index (κ1) is 19.8. The second kappa shape index (κ2) is 8.08. The number of anilines is 1. The lowest BCUT2D eigenvalue weighted by atomic mass is 10.0. The van der Waals surface area contributed by atoms with E-state index in [1.54, 1.807) is 10.4 Å². The third-order valence-electron chi connectivity index (χ3n) is 5.84. The minimum Gasteiger partial charge on any atom is -0.355 e. The lowest BCUT2D eigenvalue weighted by Gasteiger charge is -2.31. The molecule has 4 rings (SSSR count). The van der Waals surface area contributed by atoms with Crippen molar-refractivity contribution in [2.24, 2.45) is 11.8 Å². The summed E-state index contributed by atoms with van der Waals surface area (Å²) < 4.78 is 27.9. The van der Waals surface area contributed by atoms with E-state index in [9.17, 15) is 8.42 Å². The zero-order valence-electron chi connectivity index (χ0n) is 16.5. The standard InChI is InChI=1S/C20H28N4O2S2/c1-15-7-10-24(11-8-15)28(25,26)20-12-17(14-27-20)18-5-6-19(22-21-18)23-9-3-4-16(2)13-23/h5-6,12,14-16H,3-4,7-11,13H2,1-2H3/t16-/m1/s1. The topological polar surface area (TPSA) is 66.4 Å². The second-order valence-electron chi connectivity index (χ2n) is 8.21. The maximum absolute atomic E-state index is 12.9. The van der Waals surface area contributed by atoms with Crippen LogP contribution in [0.5, 0.6) is 0 Å². The molecule has 0 spiro atoms. The van der Waals surface area contributed by atoms with E-state index in [2.05, 4.69) is 28.9 Å². The van der Waals surface area contributed by atoms with Crippen molar-refractivity contribution in [3.05, 3.63) is 23.6 Å². The first-order chi connectivity index (χ1) is 13.4. The van der Waals surface area contributed by atoms with Crippen LogP contribution >= 0.6 is 11.3 Å². The van der Waals surface area contributed by atoms with Crippen LogP contribution in [-0.4, -0.2) is 49.1 Å². The summed E-state index contributed by atoms with van der Waals surface area (Å²) in [4.78, 5) is 2.28. The summed E-state index contributed by atoms with van der Waals surface area (Å²) in [5.74, 6) is 2.18. The molecule has 0 bridgehead atoms. The molecule has 6 nitrogen and oxygen atoms in total. The van der Waals surface area contributed by atoms with Gasteiger partial charge in [-0.15, -0.1) is 21.5 Å². The third kappa shape index (κ3) is 4.09. The molecule has 2 fully saturated rings. The van der Waals surface area contributed by atoms with E-state index in [0.29, 0.717) is 29.1 Å². The van der Waals surface area contributed by atoms with Crippen LogP contribution < -0.4 is 4.90 Å². The van der Waals surface area contributed by atoms with Crippen molar-refractivity contribution < 1.29 is 8.42 Å². The highest BCUT2D eigenvalue weighted by molar-refractivity contribution is 7.91. The van der Waals surface area contributed by atoms with Crippen LogP contribution in [-0.2, 0) is 10.0 Å². The zero-order chi connectivity index (χ0) is 19.7. The Bertz CT molecular complexity index is 903. The van der Waals surface area contributed by atoms with Crippen LogP contribution in [0.1, 0.15) is 39.5 Å². The molecule has 0 saturated carbocycles. The van der Waals surface area contributed by atoms with Crippen LogP contribution in [0.2, 0.25) is 0 Å². The Hall–Kier alpha value is -1.51. The number of rotatable bonds is 4. The molecule has 2 saturated heterocycles. The average molecular weight is 421 g/mol. The quantitative estimate of drug-likeness (QED) is 0.751. The molecule has 0 aliphatic carbocycles. The first-order valence-electron chi connectivity index (χ1n) is 10.1. The van der Waals surface area contributed by atoms with Gasteiger partial charge in [0.2, 0.25) is 0 Å². The molecule has 1 atom stereocenters. The molecule has 4 heterocycles. The Kier molecular flexibility index (Phi) is 5.71. The van der Waals surface area contributed by atoms with E-state index >= 15 is 0 Å². The zero-order valence-corrected chi connectivity index (χ0v) is 18.2. The molecule has 8 heteroatoms. The van der Waals surface area contributed by atoms with Gasteiger partial charge < -0.3 is 4.90 Å². The minimum atomic E-state index is -3.41. The number of thiophene rings is 1. The number of hydrogen-bond acceptors (Lipinski definition) is 6. The van der Waals surface area contributed by atoms with Gasteiger partial charge in [-0.1, -0.05) is 13.8 Å². The normalized spacial score (nSPS) is 22.5. The summed E-state index contributed by atoms with van der Waals surface area (Å²) in [6, 6.07) is 5.69. The summed E-state index contributed by atoms with van der Waals surface area (Å²) in [6.07, 6.45) is 4.31. The van der Waals surface area contributed by atoms with Gasteiger partial charge in [0.25, 0.3) is 10.0 Å². The van der Waals surface area contributed by atoms with Gasteiger partial charge in [-0.25, -0.2) is 8.42 Å². The SMILES string of the molecule is CC1CCN(S(=O)(=O)c2cc(-c3ccc(N4CCC[C@@H](C)C4)nn3)cs2)CC1. The predicted octanol–water partition coefficient (Wildman–Crippen LogP) is 3.86. The van der Waals surface area contributed by atoms with Crippen LogP contribution in [0.4, 0.5) is 5.82 Å².